The van der Waals surface area contributed by atoms with E-state index in [-0.39, 0.29) is 119 Å². The van der Waals surface area contributed by atoms with Crippen molar-refractivity contribution in [1.29, 1.82) is 0 Å². The Balaban J connectivity index is 0.000000176. The number of ether oxygens (including phenoxy) is 1. The Morgan fingerprint density at radius 3 is 1.27 bits per heavy atom. The van der Waals surface area contributed by atoms with E-state index >= 15 is 0 Å². The monoisotopic (exact) mass is 973 g/mol. The van der Waals surface area contributed by atoms with Crippen molar-refractivity contribution < 1.29 is 29.0 Å². The molecular weight excluding hydrogens is 881 g/mol. The maximum absolute atomic E-state index is 14.4. The second kappa shape index (κ2) is 16.3. The van der Waals surface area contributed by atoms with Crippen molar-refractivity contribution in [2.24, 2.45) is 112 Å². The Hall–Kier alpha value is -2.94. The third kappa shape index (κ3) is 6.95. The van der Waals surface area contributed by atoms with Crippen LogP contribution in [0.25, 0.3) is 9.69 Å². The van der Waals surface area contributed by atoms with Crippen LogP contribution in [0, 0.1) is 125 Å². The molecule has 16 atom stereocenters. The fraction of sp³-hybridized carbons (Fsp3) is 0.841. The number of aliphatic hydroxyl groups excluding tert-OH is 1. The first-order valence-electron chi connectivity index (χ1n) is 28.2. The van der Waals surface area contributed by atoms with E-state index in [0.29, 0.717) is 36.0 Å². The first-order valence-corrected chi connectivity index (χ1v) is 28.2. The molecular formula is C63H92N2O6. The SMILES string of the molecule is [C-]#[N+]C1=C[C@]2(C)[C@H]3CC(=O)[C@@H]4[C@@H]5CC(C)(C)CC[C@]5(CO)CC[C@@]4(C)[C@]3(C)CC[C@H]2C(C)(C)C1=O.[C-]#[N+]C1=C[C@]2(C)[C@H]3CC(=O)[C@@H]4[C@@H]5CC(C)(C)CC[C@]5(COC)CC[C@@]4(C)[C@]3(C)CC[C@H]2C(C)(C)C1=O. The smallest absolute Gasteiger partial charge is 0.226 e. The number of carbonyl (C=O) groups excluding carboxylic acids is 4. The average Bonchev–Trinajstić information content (AvgIpc) is 3.28. The first-order chi connectivity index (χ1) is 32.7. The number of carbonyl (C=O) groups is 4. The summed E-state index contributed by atoms with van der Waals surface area (Å²) in [5.41, 5.74) is -1.05. The molecule has 8 saturated carbocycles. The van der Waals surface area contributed by atoms with Crippen LogP contribution in [0.5, 0.6) is 0 Å². The summed E-state index contributed by atoms with van der Waals surface area (Å²) in [7, 11) is 1.83. The lowest BCUT2D eigenvalue weighted by molar-refractivity contribution is -0.227. The molecule has 0 saturated heterocycles. The van der Waals surface area contributed by atoms with Gasteiger partial charge in [0.25, 0.3) is 0 Å². The minimum atomic E-state index is -0.586. The van der Waals surface area contributed by atoms with Crippen molar-refractivity contribution >= 4 is 23.1 Å². The van der Waals surface area contributed by atoms with E-state index in [2.05, 4.69) is 78.9 Å². The topological polar surface area (TPSA) is 106 Å². The van der Waals surface area contributed by atoms with Crippen LogP contribution < -0.4 is 0 Å². The van der Waals surface area contributed by atoms with Crippen LogP contribution in [-0.4, -0.2) is 48.6 Å². The van der Waals surface area contributed by atoms with Crippen LogP contribution in [-0.2, 0) is 23.9 Å². The van der Waals surface area contributed by atoms with Gasteiger partial charge in [-0.15, -0.1) is 0 Å². The van der Waals surface area contributed by atoms with E-state index in [1.807, 2.05) is 47.0 Å². The molecule has 10 aliphatic carbocycles. The summed E-state index contributed by atoms with van der Waals surface area (Å²) in [6.45, 7) is 48.3. The molecule has 71 heavy (non-hydrogen) atoms. The van der Waals surface area contributed by atoms with Crippen LogP contribution in [0.2, 0.25) is 0 Å². The molecule has 0 spiro atoms. The normalized spacial score (nSPS) is 49.5. The van der Waals surface area contributed by atoms with Gasteiger partial charge in [0.05, 0.1) is 19.8 Å². The second-order valence-electron chi connectivity index (χ2n) is 30.6. The minimum Gasteiger partial charge on any atom is -0.396 e. The van der Waals surface area contributed by atoms with E-state index in [9.17, 15) is 24.3 Å². The molecule has 1 N–H and O–H groups in total. The van der Waals surface area contributed by atoms with Crippen molar-refractivity contribution in [2.75, 3.05) is 20.3 Å². The number of Topliss-reactive ketones (excluding diaryl/α,β-unsaturated/α-hetero) is 4. The van der Waals surface area contributed by atoms with Crippen LogP contribution in [0.4, 0.5) is 0 Å². The fourth-order valence-corrected chi connectivity index (χ4v) is 21.6. The Morgan fingerprint density at radius 2 is 0.887 bits per heavy atom. The van der Waals surface area contributed by atoms with Crippen molar-refractivity contribution in [3.8, 4) is 0 Å². The van der Waals surface area contributed by atoms with Gasteiger partial charge in [0.15, 0.2) is 11.6 Å². The molecule has 390 valence electrons. The summed E-state index contributed by atoms with van der Waals surface area (Å²) in [4.78, 5) is 62.6. The average molecular weight is 973 g/mol. The number of rotatable bonds is 3. The van der Waals surface area contributed by atoms with Gasteiger partial charge in [0.1, 0.15) is 11.6 Å². The van der Waals surface area contributed by atoms with Gasteiger partial charge in [-0.25, -0.2) is 9.69 Å². The van der Waals surface area contributed by atoms with Crippen LogP contribution in [0.15, 0.2) is 23.5 Å². The number of aliphatic hydroxyl groups is 1. The molecule has 0 heterocycles. The van der Waals surface area contributed by atoms with E-state index in [1.165, 1.54) is 6.42 Å². The van der Waals surface area contributed by atoms with E-state index < -0.39 is 10.8 Å². The van der Waals surface area contributed by atoms with E-state index in [1.54, 1.807) is 0 Å². The van der Waals surface area contributed by atoms with Gasteiger partial charge in [-0.1, -0.05) is 109 Å². The van der Waals surface area contributed by atoms with Gasteiger partial charge in [-0.2, -0.15) is 0 Å². The zero-order chi connectivity index (χ0) is 52.3. The third-order valence-corrected chi connectivity index (χ3v) is 26.0. The lowest BCUT2D eigenvalue weighted by Gasteiger charge is -2.72. The lowest BCUT2D eigenvalue weighted by Crippen LogP contribution is -2.68. The second-order valence-corrected chi connectivity index (χ2v) is 30.6. The molecule has 8 heteroatoms. The zero-order valence-electron chi connectivity index (χ0n) is 46.9. The standard InChI is InChI=1S/C32H47NO3.C31H45NO3/c1-27(2)12-14-32(19-36-9)15-13-31(7)25(20(32)17-27)22(34)16-24-29(5)18-21(33-8)26(35)28(3,4)23(29)10-11-30(24,31)6;1-26(2)11-13-31(18-33)14-12-30(7)24(19(31)16-26)21(34)15-23-28(5)17-20(32-8)25(35)27(3,4)22(28)9-10-29(23,30)6/h18,20,23-25H,10-17,19H2,1-7,9H3;17,19,22-24,33H,9-16,18H2,1-7H3/t20-,23-,24+,25-,29-,30+,31+,32+;19-,22-,23+,24-,28-,29+,30+,31+/m00/s1. The van der Waals surface area contributed by atoms with Crippen LogP contribution in [0.3, 0.4) is 0 Å². The Labute approximate surface area is 429 Å². The molecule has 0 bridgehead atoms. The minimum absolute atomic E-state index is 0.00223. The molecule has 0 aromatic heterocycles. The number of fused-ring (bicyclic) bond motifs is 14. The van der Waals surface area contributed by atoms with Gasteiger partial charge < -0.3 is 19.4 Å². The van der Waals surface area contributed by atoms with Gasteiger partial charge in [0, 0.05) is 49.2 Å². The molecule has 0 aromatic rings. The molecule has 0 radical (unpaired) electrons. The maximum Gasteiger partial charge on any atom is 0.226 e. The predicted octanol–water partition coefficient (Wildman–Crippen LogP) is 13.9. The molecule has 0 aliphatic heterocycles. The van der Waals surface area contributed by atoms with Crippen molar-refractivity contribution in [2.45, 2.75) is 200 Å². The highest BCUT2D eigenvalue weighted by Crippen LogP contribution is 2.78. The predicted molar refractivity (Wildman–Crippen MR) is 279 cm³/mol. The summed E-state index contributed by atoms with van der Waals surface area (Å²) >= 11 is 0. The first kappa shape index (κ1) is 52.9. The molecule has 0 unspecified atom stereocenters. The highest BCUT2D eigenvalue weighted by atomic mass is 16.5. The van der Waals surface area contributed by atoms with Gasteiger partial charge in [-0.05, 0) is 180 Å². The Bertz CT molecular complexity index is 2450. The molecule has 10 rings (SSSR count). The summed E-state index contributed by atoms with van der Waals surface area (Å²) in [5, 5.41) is 10.7. The summed E-state index contributed by atoms with van der Waals surface area (Å²) < 4.78 is 5.85. The summed E-state index contributed by atoms with van der Waals surface area (Å²) in [6, 6.07) is 0. The van der Waals surface area contributed by atoms with Gasteiger partial charge >= 0.3 is 0 Å². The van der Waals surface area contributed by atoms with Crippen molar-refractivity contribution in [3.63, 3.8) is 0 Å². The molecule has 8 nitrogen and oxygen atoms in total. The molecule has 10 aliphatic rings. The number of nitrogens with zero attached hydrogens (tertiary/aromatic N) is 2. The lowest BCUT2D eigenvalue weighted by atomic mass is 9.32. The molecule has 0 aromatic carbocycles. The highest BCUT2D eigenvalue weighted by molar-refractivity contribution is 6.03. The number of hydrogen-bond donors (Lipinski definition) is 1. The van der Waals surface area contributed by atoms with Crippen molar-refractivity contribution in [1.82, 2.24) is 0 Å². The van der Waals surface area contributed by atoms with E-state index in [4.69, 9.17) is 17.9 Å². The van der Waals surface area contributed by atoms with Gasteiger partial charge in [-0.3, -0.25) is 9.59 Å². The van der Waals surface area contributed by atoms with Crippen LogP contribution >= 0.6 is 0 Å². The number of methoxy groups -OCH3 is 1. The highest BCUT2D eigenvalue weighted by Gasteiger charge is 2.74. The zero-order valence-corrected chi connectivity index (χ0v) is 46.9. The van der Waals surface area contributed by atoms with Crippen molar-refractivity contribution in [3.05, 3.63) is 46.4 Å². The third-order valence-electron chi connectivity index (χ3n) is 26.0. The maximum atomic E-state index is 14.4. The van der Waals surface area contributed by atoms with Crippen LogP contribution in [0.1, 0.15) is 200 Å². The number of hydrogen-bond acceptors (Lipinski definition) is 6. The Morgan fingerprint density at radius 1 is 0.521 bits per heavy atom. The fourth-order valence-electron chi connectivity index (χ4n) is 21.6. The summed E-state index contributed by atoms with van der Waals surface area (Å²) in [5.74, 6) is 2.06. The Kier molecular flexibility index (Phi) is 12.1. The number of allylic oxidation sites excluding steroid dienone is 4. The quantitative estimate of drug-likeness (QED) is 0.282. The van der Waals surface area contributed by atoms with E-state index in [0.717, 1.165) is 90.1 Å². The summed E-state index contributed by atoms with van der Waals surface area (Å²) in [6.07, 6.45) is 20.0. The largest absolute Gasteiger partial charge is 0.396 e. The molecule has 0 amide bonds. The number of ketones is 4. The molecule has 8 fully saturated rings. The van der Waals surface area contributed by atoms with Gasteiger partial charge in [0.2, 0.25) is 11.4 Å².